The average molecular weight is 515 g/mol. The van der Waals surface area contributed by atoms with Gasteiger partial charge >= 0.3 is 12.1 Å². The minimum atomic E-state index is -1.44. The monoisotopic (exact) mass is 514 g/mol. The summed E-state index contributed by atoms with van der Waals surface area (Å²) in [6.45, 7) is 3.89. The standard InChI is InChI=1S/C23H34N2O9S/c1-6-33-22(27)16(8-7-15-11-17(30-3)20(32-5)18(12-15)31-4)24-14(2)21(26)25-9-10-35-13-19(25)34-23(28)29/h11-12,14,16,19,24H,6-10,13H2,1-5H3,(H,28,29)/t14-,16?,19?/m0/s1. The number of ether oxygens (including phenoxy) is 5. The van der Waals surface area contributed by atoms with Crippen LogP contribution in [0.2, 0.25) is 0 Å². The van der Waals surface area contributed by atoms with Gasteiger partial charge in [0.15, 0.2) is 17.7 Å². The van der Waals surface area contributed by atoms with Gasteiger partial charge in [-0.15, -0.1) is 0 Å². The SMILES string of the molecule is CCOC(=O)C(CCc1cc(OC)c(OC)c(OC)c1)N[C@@H](C)C(=O)N1CCSCC1OC(=O)O. The molecule has 1 aromatic carbocycles. The Labute approximate surface area is 209 Å². The number of rotatable bonds is 12. The molecule has 1 amide bonds. The van der Waals surface area contributed by atoms with Crippen molar-refractivity contribution in [3.05, 3.63) is 17.7 Å². The summed E-state index contributed by atoms with van der Waals surface area (Å²) < 4.78 is 26.2. The largest absolute Gasteiger partial charge is 0.507 e. The molecule has 3 atom stereocenters. The first-order chi connectivity index (χ1) is 16.7. The van der Waals surface area contributed by atoms with E-state index in [1.807, 2.05) is 0 Å². The van der Waals surface area contributed by atoms with Crippen molar-refractivity contribution in [2.24, 2.45) is 0 Å². The van der Waals surface area contributed by atoms with E-state index >= 15 is 0 Å². The zero-order valence-corrected chi connectivity index (χ0v) is 21.5. The molecule has 1 saturated heterocycles. The molecule has 0 aromatic heterocycles. The number of benzene rings is 1. The second-order valence-corrected chi connectivity index (χ2v) is 8.86. The summed E-state index contributed by atoms with van der Waals surface area (Å²) in [7, 11) is 4.57. The second-order valence-electron chi connectivity index (χ2n) is 7.71. The third-order valence-electron chi connectivity index (χ3n) is 5.44. The van der Waals surface area contributed by atoms with E-state index in [0.29, 0.717) is 48.1 Å². The molecule has 196 valence electrons. The minimum absolute atomic E-state index is 0.196. The van der Waals surface area contributed by atoms with E-state index in [9.17, 15) is 14.4 Å². The Morgan fingerprint density at radius 1 is 1.17 bits per heavy atom. The van der Waals surface area contributed by atoms with Gasteiger partial charge < -0.3 is 33.7 Å². The summed E-state index contributed by atoms with van der Waals surface area (Å²) in [4.78, 5) is 38.2. The highest BCUT2D eigenvalue weighted by Crippen LogP contribution is 2.38. The molecule has 35 heavy (non-hydrogen) atoms. The number of carboxylic acid groups (broad SMARTS) is 1. The highest BCUT2D eigenvalue weighted by molar-refractivity contribution is 7.99. The predicted molar refractivity (Wildman–Crippen MR) is 129 cm³/mol. The first-order valence-corrected chi connectivity index (χ1v) is 12.4. The van der Waals surface area contributed by atoms with Crippen LogP contribution < -0.4 is 19.5 Å². The molecule has 0 bridgehead atoms. The van der Waals surface area contributed by atoms with Crippen LogP contribution in [-0.4, -0.2) is 92.3 Å². The lowest BCUT2D eigenvalue weighted by atomic mass is 10.0. The number of amides is 1. The lowest BCUT2D eigenvalue weighted by molar-refractivity contribution is -0.147. The van der Waals surface area contributed by atoms with Gasteiger partial charge in [-0.1, -0.05) is 0 Å². The van der Waals surface area contributed by atoms with Crippen molar-refractivity contribution >= 4 is 29.8 Å². The van der Waals surface area contributed by atoms with Crippen molar-refractivity contribution < 1.29 is 43.2 Å². The Morgan fingerprint density at radius 2 is 1.83 bits per heavy atom. The van der Waals surface area contributed by atoms with Gasteiger partial charge in [-0.05, 0) is 44.4 Å². The maximum Gasteiger partial charge on any atom is 0.507 e. The highest BCUT2D eigenvalue weighted by atomic mass is 32.2. The quantitative estimate of drug-likeness (QED) is 0.398. The van der Waals surface area contributed by atoms with Crippen molar-refractivity contribution in [3.8, 4) is 17.2 Å². The molecule has 2 N–H and O–H groups in total. The van der Waals surface area contributed by atoms with Gasteiger partial charge in [-0.2, -0.15) is 11.8 Å². The van der Waals surface area contributed by atoms with Gasteiger partial charge in [-0.25, -0.2) is 4.79 Å². The second kappa shape index (κ2) is 13.9. The van der Waals surface area contributed by atoms with Crippen LogP contribution >= 0.6 is 11.8 Å². The topological polar surface area (TPSA) is 133 Å². The van der Waals surface area contributed by atoms with Crippen molar-refractivity contribution in [1.29, 1.82) is 0 Å². The number of nitrogens with zero attached hydrogens (tertiary/aromatic N) is 1. The summed E-state index contributed by atoms with van der Waals surface area (Å²) in [5, 5.41) is 12.1. The van der Waals surface area contributed by atoms with Crippen molar-refractivity contribution in [2.75, 3.05) is 46.0 Å². The molecule has 1 fully saturated rings. The van der Waals surface area contributed by atoms with Crippen LogP contribution in [0.15, 0.2) is 12.1 Å². The Morgan fingerprint density at radius 3 is 2.37 bits per heavy atom. The highest BCUT2D eigenvalue weighted by Gasteiger charge is 2.34. The van der Waals surface area contributed by atoms with Crippen LogP contribution in [0.5, 0.6) is 17.2 Å². The van der Waals surface area contributed by atoms with Gasteiger partial charge in [0.05, 0.1) is 39.7 Å². The molecule has 12 heteroatoms. The van der Waals surface area contributed by atoms with E-state index in [1.165, 1.54) is 38.0 Å². The number of esters is 1. The number of aryl methyl sites for hydroxylation is 1. The van der Waals surface area contributed by atoms with Crippen molar-refractivity contribution in [3.63, 3.8) is 0 Å². The summed E-state index contributed by atoms with van der Waals surface area (Å²) in [5.74, 6) is 1.66. The number of thioether (sulfide) groups is 1. The van der Waals surface area contributed by atoms with Crippen LogP contribution in [-0.2, 0) is 25.5 Å². The lowest BCUT2D eigenvalue weighted by Crippen LogP contribution is -2.56. The molecule has 0 aliphatic carbocycles. The fraction of sp³-hybridized carbons (Fsp3) is 0.609. The molecular weight excluding hydrogens is 480 g/mol. The van der Waals surface area contributed by atoms with Crippen LogP contribution in [0.4, 0.5) is 4.79 Å². The molecule has 1 aromatic rings. The van der Waals surface area contributed by atoms with E-state index in [2.05, 4.69) is 5.32 Å². The van der Waals surface area contributed by atoms with E-state index in [0.717, 1.165) is 5.56 Å². The molecule has 1 aliphatic rings. The number of methoxy groups -OCH3 is 3. The van der Waals surface area contributed by atoms with Gasteiger partial charge in [0.25, 0.3) is 0 Å². The molecule has 2 rings (SSSR count). The summed E-state index contributed by atoms with van der Waals surface area (Å²) in [6.07, 6.45) is -1.52. The van der Waals surface area contributed by atoms with Gasteiger partial charge in [0.2, 0.25) is 11.7 Å². The number of hydrogen-bond donors (Lipinski definition) is 2. The number of carbonyl (C=O) groups is 3. The van der Waals surface area contributed by atoms with Crippen LogP contribution in [0.3, 0.4) is 0 Å². The molecular formula is C23H34N2O9S. The Kier molecular flexibility index (Phi) is 11.3. The van der Waals surface area contributed by atoms with Crippen LogP contribution in [0, 0.1) is 0 Å². The Hall–Kier alpha value is -2.86. The van der Waals surface area contributed by atoms with E-state index in [1.54, 1.807) is 26.0 Å². The van der Waals surface area contributed by atoms with Gasteiger partial charge in [0, 0.05) is 12.3 Å². The third-order valence-corrected chi connectivity index (χ3v) is 6.44. The molecule has 1 aliphatic heterocycles. The zero-order valence-electron chi connectivity index (χ0n) is 20.7. The molecule has 0 radical (unpaired) electrons. The normalized spacial score (nSPS) is 17.2. The fourth-order valence-electron chi connectivity index (χ4n) is 3.77. The van der Waals surface area contributed by atoms with Gasteiger partial charge in [0.1, 0.15) is 6.04 Å². The number of carbonyl (C=O) groups excluding carboxylic acids is 2. The zero-order chi connectivity index (χ0) is 26.0. The molecule has 2 unspecified atom stereocenters. The average Bonchev–Trinajstić information content (AvgIpc) is 2.85. The van der Waals surface area contributed by atoms with Gasteiger partial charge in [-0.3, -0.25) is 14.9 Å². The molecule has 0 spiro atoms. The van der Waals surface area contributed by atoms with Crippen LogP contribution in [0.1, 0.15) is 25.8 Å². The molecule has 0 saturated carbocycles. The minimum Gasteiger partial charge on any atom is -0.493 e. The lowest BCUT2D eigenvalue weighted by Gasteiger charge is -2.36. The number of hydrogen-bond acceptors (Lipinski definition) is 10. The maximum atomic E-state index is 13.1. The summed E-state index contributed by atoms with van der Waals surface area (Å²) >= 11 is 1.51. The third kappa shape index (κ3) is 7.82. The maximum absolute atomic E-state index is 13.1. The smallest absolute Gasteiger partial charge is 0.493 e. The first-order valence-electron chi connectivity index (χ1n) is 11.2. The Balaban J connectivity index is 2.15. The Bertz CT molecular complexity index is 858. The molecule has 11 nitrogen and oxygen atoms in total. The summed E-state index contributed by atoms with van der Waals surface area (Å²) in [5.41, 5.74) is 0.845. The van der Waals surface area contributed by atoms with Crippen LogP contribution in [0.25, 0.3) is 0 Å². The van der Waals surface area contributed by atoms with E-state index < -0.39 is 30.4 Å². The first kappa shape index (κ1) is 28.4. The van der Waals surface area contributed by atoms with E-state index in [-0.39, 0.29) is 12.5 Å². The predicted octanol–water partition coefficient (Wildman–Crippen LogP) is 2.15. The summed E-state index contributed by atoms with van der Waals surface area (Å²) in [6, 6.07) is 2.06. The molecule has 1 heterocycles. The fourth-order valence-corrected chi connectivity index (χ4v) is 4.71. The number of nitrogens with one attached hydrogen (secondary N) is 1. The van der Waals surface area contributed by atoms with E-state index in [4.69, 9.17) is 28.8 Å². The van der Waals surface area contributed by atoms with Crippen molar-refractivity contribution in [2.45, 2.75) is 45.0 Å². The van der Waals surface area contributed by atoms with Crippen molar-refractivity contribution in [1.82, 2.24) is 10.2 Å².